The zero-order chi connectivity index (χ0) is 15.8. The summed E-state index contributed by atoms with van der Waals surface area (Å²) in [6.07, 6.45) is 0. The van der Waals surface area contributed by atoms with Gasteiger partial charge in [0.25, 0.3) is 0 Å². The predicted molar refractivity (Wildman–Crippen MR) is 84.7 cm³/mol. The smallest absolute Gasteiger partial charge is 0.177 e. The summed E-state index contributed by atoms with van der Waals surface area (Å²) in [4.78, 5) is 14.5. The number of benzene rings is 1. The molecule has 0 spiro atoms. The molecule has 1 aliphatic heterocycles. The van der Waals surface area contributed by atoms with Crippen molar-refractivity contribution < 1.29 is 13.2 Å². The van der Waals surface area contributed by atoms with Crippen molar-refractivity contribution in [3.8, 4) is 0 Å². The number of hydrogen-bond acceptors (Lipinski definition) is 4. The van der Waals surface area contributed by atoms with Gasteiger partial charge in [-0.1, -0.05) is 6.07 Å². The van der Waals surface area contributed by atoms with Crippen molar-refractivity contribution >= 4 is 15.6 Å². The van der Waals surface area contributed by atoms with Crippen LogP contribution in [0.1, 0.15) is 34.0 Å². The molecular weight excluding hydrogens is 286 g/mol. The fourth-order valence-corrected chi connectivity index (χ4v) is 4.42. The molecule has 5 heteroatoms. The normalized spacial score (nSPS) is 22.2. The van der Waals surface area contributed by atoms with Gasteiger partial charge in [0, 0.05) is 18.2 Å². The Labute approximate surface area is 127 Å². The van der Waals surface area contributed by atoms with Crippen molar-refractivity contribution in [2.24, 2.45) is 0 Å². The molecule has 116 valence electrons. The predicted octanol–water partition coefficient (Wildman–Crippen LogP) is 1.91. The highest BCUT2D eigenvalue weighted by Crippen LogP contribution is 2.18. The molecule has 0 N–H and O–H groups in total. The Morgan fingerprint density at radius 2 is 1.81 bits per heavy atom. The van der Waals surface area contributed by atoms with E-state index in [0.717, 1.165) is 16.7 Å². The van der Waals surface area contributed by atoms with Crippen LogP contribution in [0.2, 0.25) is 0 Å². The Bertz CT molecular complexity index is 664. The van der Waals surface area contributed by atoms with Crippen molar-refractivity contribution in [2.75, 3.05) is 24.6 Å². The molecule has 1 unspecified atom stereocenters. The monoisotopic (exact) mass is 309 g/mol. The third kappa shape index (κ3) is 3.71. The van der Waals surface area contributed by atoms with E-state index in [0.29, 0.717) is 13.1 Å². The van der Waals surface area contributed by atoms with Crippen LogP contribution >= 0.6 is 0 Å². The highest BCUT2D eigenvalue weighted by molar-refractivity contribution is 7.91. The summed E-state index contributed by atoms with van der Waals surface area (Å²) in [5.41, 5.74) is 4.03. The van der Waals surface area contributed by atoms with Gasteiger partial charge >= 0.3 is 0 Å². The van der Waals surface area contributed by atoms with E-state index in [1.54, 1.807) is 0 Å². The molecular formula is C16H23NO3S. The Hall–Kier alpha value is -1.20. The molecule has 1 heterocycles. The number of nitrogens with zero attached hydrogens (tertiary/aromatic N) is 1. The van der Waals surface area contributed by atoms with Crippen LogP contribution in [0.3, 0.4) is 0 Å². The highest BCUT2D eigenvalue weighted by Gasteiger charge is 2.29. The lowest BCUT2D eigenvalue weighted by Crippen LogP contribution is -2.48. The van der Waals surface area contributed by atoms with Crippen molar-refractivity contribution in [2.45, 2.75) is 33.7 Å². The molecule has 0 saturated carbocycles. The first kappa shape index (κ1) is 16.2. The standard InChI is InChI=1S/C16H23NO3S/c1-11-7-13(3)15(8-12(11)2)16(18)9-17-5-6-21(19,20)10-14(17)4/h7-8,14H,5-6,9-10H2,1-4H3. The van der Waals surface area contributed by atoms with E-state index < -0.39 is 9.84 Å². The lowest BCUT2D eigenvalue weighted by molar-refractivity contribution is 0.0908. The molecule has 0 radical (unpaired) electrons. The number of Topliss-reactive ketones (excluding diaryl/α,β-unsaturated/α-hetero) is 1. The second-order valence-corrected chi connectivity index (χ2v) is 8.34. The van der Waals surface area contributed by atoms with E-state index in [9.17, 15) is 13.2 Å². The molecule has 1 saturated heterocycles. The minimum absolute atomic E-state index is 0.0711. The molecule has 21 heavy (non-hydrogen) atoms. The van der Waals surface area contributed by atoms with Crippen LogP contribution in [0.25, 0.3) is 0 Å². The van der Waals surface area contributed by atoms with Gasteiger partial charge in [-0.05, 0) is 50.5 Å². The summed E-state index contributed by atoms with van der Waals surface area (Å²) in [5.74, 6) is 0.365. The van der Waals surface area contributed by atoms with Crippen molar-refractivity contribution in [3.05, 3.63) is 34.4 Å². The molecule has 2 rings (SSSR count). The van der Waals surface area contributed by atoms with Gasteiger partial charge in [0.15, 0.2) is 15.6 Å². The largest absolute Gasteiger partial charge is 0.293 e. The van der Waals surface area contributed by atoms with Crippen molar-refractivity contribution in [1.29, 1.82) is 0 Å². The van der Waals surface area contributed by atoms with Crippen LogP contribution in [0.15, 0.2) is 12.1 Å². The number of sulfone groups is 1. The number of rotatable bonds is 3. The fourth-order valence-electron chi connectivity index (χ4n) is 2.80. The maximum atomic E-state index is 12.5. The van der Waals surface area contributed by atoms with Gasteiger partial charge in [-0.25, -0.2) is 8.42 Å². The van der Waals surface area contributed by atoms with E-state index in [1.807, 2.05) is 44.7 Å². The Kier molecular flexibility index (Phi) is 4.54. The highest BCUT2D eigenvalue weighted by atomic mass is 32.2. The van der Waals surface area contributed by atoms with Gasteiger partial charge < -0.3 is 0 Å². The minimum Gasteiger partial charge on any atom is -0.293 e. The van der Waals surface area contributed by atoms with Gasteiger partial charge in [0.05, 0.1) is 18.1 Å². The van der Waals surface area contributed by atoms with E-state index in [1.165, 1.54) is 5.56 Å². The van der Waals surface area contributed by atoms with Gasteiger partial charge in [-0.2, -0.15) is 0 Å². The summed E-state index contributed by atoms with van der Waals surface area (Å²) in [6, 6.07) is 3.88. The molecule has 1 aromatic carbocycles. The zero-order valence-electron chi connectivity index (χ0n) is 13.1. The average Bonchev–Trinajstić information content (AvgIpc) is 2.36. The molecule has 0 aromatic heterocycles. The lowest BCUT2D eigenvalue weighted by atomic mass is 9.97. The van der Waals surface area contributed by atoms with Gasteiger partial charge in [-0.3, -0.25) is 9.69 Å². The molecule has 4 nitrogen and oxygen atoms in total. The summed E-state index contributed by atoms with van der Waals surface area (Å²) in [7, 11) is -2.94. The quantitative estimate of drug-likeness (QED) is 0.801. The molecule has 1 fully saturated rings. The van der Waals surface area contributed by atoms with E-state index in [-0.39, 0.29) is 23.3 Å². The molecule has 1 aliphatic rings. The molecule has 1 atom stereocenters. The van der Waals surface area contributed by atoms with Crippen molar-refractivity contribution in [1.82, 2.24) is 4.90 Å². The first-order valence-corrected chi connectivity index (χ1v) is 9.07. The number of aryl methyl sites for hydroxylation is 3. The molecule has 0 amide bonds. The molecule has 0 aliphatic carbocycles. The Balaban J connectivity index is 2.14. The third-order valence-electron chi connectivity index (χ3n) is 4.30. The van der Waals surface area contributed by atoms with Crippen LogP contribution in [0.4, 0.5) is 0 Å². The fraction of sp³-hybridized carbons (Fsp3) is 0.562. The van der Waals surface area contributed by atoms with Crippen LogP contribution in [-0.4, -0.2) is 49.7 Å². The number of hydrogen-bond donors (Lipinski definition) is 0. The van der Waals surface area contributed by atoms with E-state index in [2.05, 4.69) is 0 Å². The third-order valence-corrected chi connectivity index (χ3v) is 6.09. The molecule has 0 bridgehead atoms. The zero-order valence-corrected chi connectivity index (χ0v) is 14.0. The first-order chi connectivity index (χ1) is 9.69. The van der Waals surface area contributed by atoms with E-state index >= 15 is 0 Å². The number of carbonyl (C=O) groups is 1. The lowest BCUT2D eigenvalue weighted by Gasteiger charge is -2.32. The minimum atomic E-state index is -2.94. The first-order valence-electron chi connectivity index (χ1n) is 7.25. The maximum Gasteiger partial charge on any atom is 0.177 e. The van der Waals surface area contributed by atoms with Gasteiger partial charge in [0.2, 0.25) is 0 Å². The van der Waals surface area contributed by atoms with E-state index in [4.69, 9.17) is 0 Å². The topological polar surface area (TPSA) is 54.5 Å². The second kappa shape index (κ2) is 5.89. The summed E-state index contributed by atoms with van der Waals surface area (Å²) < 4.78 is 23.2. The SMILES string of the molecule is Cc1cc(C)c(C(=O)CN2CCS(=O)(=O)CC2C)cc1C. The summed E-state index contributed by atoms with van der Waals surface area (Å²) in [5, 5.41) is 0. The number of carbonyl (C=O) groups excluding carboxylic acids is 1. The van der Waals surface area contributed by atoms with Gasteiger partial charge in [0.1, 0.15) is 0 Å². The summed E-state index contributed by atoms with van der Waals surface area (Å²) in [6.45, 7) is 8.59. The van der Waals surface area contributed by atoms with Crippen LogP contribution in [-0.2, 0) is 9.84 Å². The van der Waals surface area contributed by atoms with Crippen LogP contribution in [0.5, 0.6) is 0 Å². The van der Waals surface area contributed by atoms with Crippen LogP contribution in [0, 0.1) is 20.8 Å². The average molecular weight is 309 g/mol. The molecule has 1 aromatic rings. The summed E-state index contributed by atoms with van der Waals surface area (Å²) >= 11 is 0. The second-order valence-electron chi connectivity index (χ2n) is 6.11. The Morgan fingerprint density at radius 3 is 2.43 bits per heavy atom. The number of ketones is 1. The van der Waals surface area contributed by atoms with Crippen molar-refractivity contribution in [3.63, 3.8) is 0 Å². The van der Waals surface area contributed by atoms with Gasteiger partial charge in [-0.15, -0.1) is 0 Å². The maximum absolute atomic E-state index is 12.5. The van der Waals surface area contributed by atoms with Crippen LogP contribution < -0.4 is 0 Å². The Morgan fingerprint density at radius 1 is 1.19 bits per heavy atom.